The Bertz CT molecular complexity index is 574. The van der Waals surface area contributed by atoms with Gasteiger partial charge in [-0.25, -0.2) is 17.9 Å². The highest BCUT2D eigenvalue weighted by atomic mass is 32.2. The van der Waals surface area contributed by atoms with Crippen LogP contribution in [0.15, 0.2) is 0 Å². The van der Waals surface area contributed by atoms with Crippen molar-refractivity contribution in [1.82, 2.24) is 14.9 Å². The second kappa shape index (κ2) is 10.1. The van der Waals surface area contributed by atoms with E-state index in [1.165, 1.54) is 19.1 Å². The molecule has 1 aliphatic carbocycles. The second-order valence-corrected chi connectivity index (χ2v) is 10.1. The average Bonchev–Trinajstić information content (AvgIpc) is 2.59. The molecule has 0 aromatic rings. The molecule has 1 saturated carbocycles. The number of nitrogens with zero attached hydrogens (tertiary/aromatic N) is 1. The third-order valence-electron chi connectivity index (χ3n) is 5.90. The van der Waals surface area contributed by atoms with Gasteiger partial charge < -0.3 is 15.0 Å². The number of carbonyl (C=O) groups is 1. The van der Waals surface area contributed by atoms with Crippen LogP contribution in [0.3, 0.4) is 0 Å². The first-order valence-electron chi connectivity index (χ1n) is 10.3. The smallest absolute Gasteiger partial charge is 0.317 e. The van der Waals surface area contributed by atoms with E-state index in [-0.39, 0.29) is 24.2 Å². The van der Waals surface area contributed by atoms with Crippen molar-refractivity contribution < 1.29 is 17.9 Å². The zero-order valence-corrected chi connectivity index (χ0v) is 18.1. The summed E-state index contributed by atoms with van der Waals surface area (Å²) in [5, 5.41) is 2.84. The summed E-state index contributed by atoms with van der Waals surface area (Å²) in [6.45, 7) is 7.99. The molecule has 7 nitrogen and oxygen atoms in total. The van der Waals surface area contributed by atoms with E-state index in [2.05, 4.69) is 23.9 Å². The molecule has 2 rings (SSSR count). The lowest BCUT2D eigenvalue weighted by Gasteiger charge is -2.42. The number of rotatable bonds is 7. The monoisotopic (exact) mass is 403 g/mol. The summed E-state index contributed by atoms with van der Waals surface area (Å²) >= 11 is 0. The number of nitrogens with one attached hydrogen (secondary N) is 2. The Kier molecular flexibility index (Phi) is 8.37. The van der Waals surface area contributed by atoms with Gasteiger partial charge >= 0.3 is 6.03 Å². The van der Waals surface area contributed by atoms with Crippen molar-refractivity contribution in [3.05, 3.63) is 0 Å². The Morgan fingerprint density at radius 1 is 1.19 bits per heavy atom. The highest BCUT2D eigenvalue weighted by molar-refractivity contribution is 7.88. The van der Waals surface area contributed by atoms with Gasteiger partial charge in [-0.1, -0.05) is 13.8 Å². The summed E-state index contributed by atoms with van der Waals surface area (Å²) in [7, 11) is -3.34. The van der Waals surface area contributed by atoms with E-state index in [0.29, 0.717) is 25.6 Å². The standard InChI is InChI=1S/C19H37N3O4S/c1-5-20-19(23)22-12-6-7-17(21-27(4,24)25)18(22)13-26-16-10-8-15(9-11-16)14(2)3/h14-18,21H,5-13H2,1-4H3,(H,20,23). The van der Waals surface area contributed by atoms with Crippen LogP contribution in [0.4, 0.5) is 4.79 Å². The van der Waals surface area contributed by atoms with E-state index >= 15 is 0 Å². The van der Waals surface area contributed by atoms with Crippen molar-refractivity contribution in [3.8, 4) is 0 Å². The third-order valence-corrected chi connectivity index (χ3v) is 6.63. The van der Waals surface area contributed by atoms with Crippen LogP contribution in [0.5, 0.6) is 0 Å². The first kappa shape index (κ1) is 22.4. The molecule has 27 heavy (non-hydrogen) atoms. The van der Waals surface area contributed by atoms with Gasteiger partial charge in [0, 0.05) is 19.1 Å². The number of sulfonamides is 1. The maximum absolute atomic E-state index is 12.5. The lowest BCUT2D eigenvalue weighted by molar-refractivity contribution is -0.0240. The lowest BCUT2D eigenvalue weighted by atomic mass is 9.80. The zero-order valence-electron chi connectivity index (χ0n) is 17.2. The fourth-order valence-corrected chi connectivity index (χ4v) is 5.16. The van der Waals surface area contributed by atoms with Gasteiger partial charge in [0.2, 0.25) is 10.0 Å². The summed E-state index contributed by atoms with van der Waals surface area (Å²) in [4.78, 5) is 14.2. The number of hydrogen-bond donors (Lipinski definition) is 2. The second-order valence-electron chi connectivity index (χ2n) is 8.35. The predicted octanol–water partition coefficient (Wildman–Crippen LogP) is 2.33. The summed E-state index contributed by atoms with van der Waals surface area (Å²) in [6, 6.07) is -0.721. The SMILES string of the molecule is CCNC(=O)N1CCCC(NS(C)(=O)=O)C1COC1CCC(C(C)C)CC1. The number of hydrogen-bond acceptors (Lipinski definition) is 4. The molecule has 2 aliphatic rings. The maximum atomic E-state index is 12.5. The van der Waals surface area contributed by atoms with Crippen molar-refractivity contribution in [2.24, 2.45) is 11.8 Å². The number of ether oxygens (including phenoxy) is 1. The van der Waals surface area contributed by atoms with E-state index in [1.807, 2.05) is 6.92 Å². The molecule has 2 atom stereocenters. The Labute approximate surface area is 164 Å². The molecule has 0 aromatic heterocycles. The van der Waals surface area contributed by atoms with Gasteiger partial charge in [-0.3, -0.25) is 0 Å². The molecule has 0 aromatic carbocycles. The summed E-state index contributed by atoms with van der Waals surface area (Å²) in [6.07, 6.45) is 7.32. The van der Waals surface area contributed by atoms with Gasteiger partial charge in [-0.05, 0) is 57.3 Å². The van der Waals surface area contributed by atoms with E-state index in [4.69, 9.17) is 4.74 Å². The molecule has 0 radical (unpaired) electrons. The Morgan fingerprint density at radius 3 is 2.41 bits per heavy atom. The van der Waals surface area contributed by atoms with Gasteiger partial charge in [0.25, 0.3) is 0 Å². The first-order valence-corrected chi connectivity index (χ1v) is 12.2. The van der Waals surface area contributed by atoms with Gasteiger partial charge in [0.05, 0.1) is 25.0 Å². The van der Waals surface area contributed by atoms with E-state index in [0.717, 1.165) is 31.6 Å². The van der Waals surface area contributed by atoms with Crippen LogP contribution < -0.4 is 10.0 Å². The van der Waals surface area contributed by atoms with Gasteiger partial charge in [0.1, 0.15) is 0 Å². The zero-order chi connectivity index (χ0) is 20.0. The van der Waals surface area contributed by atoms with Crippen molar-refractivity contribution >= 4 is 16.1 Å². The number of piperidine rings is 1. The lowest BCUT2D eigenvalue weighted by Crippen LogP contribution is -2.60. The molecule has 0 spiro atoms. The van der Waals surface area contributed by atoms with Gasteiger partial charge in [-0.15, -0.1) is 0 Å². The molecular weight excluding hydrogens is 366 g/mol. The highest BCUT2D eigenvalue weighted by Crippen LogP contribution is 2.31. The number of likely N-dealkylation sites (tertiary alicyclic amines) is 1. The van der Waals surface area contributed by atoms with Gasteiger partial charge in [0.15, 0.2) is 0 Å². The molecule has 8 heteroatoms. The molecule has 2 amide bonds. The Morgan fingerprint density at radius 2 is 1.85 bits per heavy atom. The molecule has 2 fully saturated rings. The van der Waals surface area contributed by atoms with Crippen LogP contribution in [-0.4, -0.2) is 63.5 Å². The van der Waals surface area contributed by atoms with Crippen LogP contribution in [0.1, 0.15) is 59.3 Å². The number of urea groups is 1. The highest BCUT2D eigenvalue weighted by Gasteiger charge is 2.36. The number of carbonyl (C=O) groups excluding carboxylic acids is 1. The van der Waals surface area contributed by atoms with E-state index < -0.39 is 10.0 Å². The topological polar surface area (TPSA) is 87.7 Å². The predicted molar refractivity (Wildman–Crippen MR) is 107 cm³/mol. The van der Waals surface area contributed by atoms with Gasteiger partial charge in [-0.2, -0.15) is 0 Å². The number of amides is 2. The van der Waals surface area contributed by atoms with E-state index in [1.54, 1.807) is 4.90 Å². The normalized spacial score (nSPS) is 29.7. The molecule has 2 N–H and O–H groups in total. The van der Waals surface area contributed by atoms with Crippen LogP contribution in [-0.2, 0) is 14.8 Å². The average molecular weight is 404 g/mol. The van der Waals surface area contributed by atoms with Crippen LogP contribution in [0, 0.1) is 11.8 Å². The largest absolute Gasteiger partial charge is 0.376 e. The fourth-order valence-electron chi connectivity index (χ4n) is 4.34. The molecule has 158 valence electrons. The van der Waals surface area contributed by atoms with E-state index in [9.17, 15) is 13.2 Å². The molecule has 0 bridgehead atoms. The molecule has 1 saturated heterocycles. The summed E-state index contributed by atoms with van der Waals surface area (Å²) in [5.41, 5.74) is 0. The first-order chi connectivity index (χ1) is 12.7. The summed E-state index contributed by atoms with van der Waals surface area (Å²) < 4.78 is 32.5. The van der Waals surface area contributed by atoms with Crippen molar-refractivity contribution in [2.75, 3.05) is 26.0 Å². The van der Waals surface area contributed by atoms with Crippen molar-refractivity contribution in [3.63, 3.8) is 0 Å². The maximum Gasteiger partial charge on any atom is 0.317 e. The Hall–Kier alpha value is -0.860. The van der Waals surface area contributed by atoms with Crippen molar-refractivity contribution in [2.45, 2.75) is 77.5 Å². The fraction of sp³-hybridized carbons (Fsp3) is 0.947. The van der Waals surface area contributed by atoms with Crippen LogP contribution in [0.25, 0.3) is 0 Å². The minimum absolute atomic E-state index is 0.144. The quantitative estimate of drug-likeness (QED) is 0.683. The summed E-state index contributed by atoms with van der Waals surface area (Å²) in [5.74, 6) is 1.48. The molecule has 1 heterocycles. The molecule has 2 unspecified atom stereocenters. The minimum atomic E-state index is -3.34. The molecule has 1 aliphatic heterocycles. The van der Waals surface area contributed by atoms with Crippen LogP contribution >= 0.6 is 0 Å². The minimum Gasteiger partial charge on any atom is -0.376 e. The molecular formula is C19H37N3O4S. The third kappa shape index (κ3) is 6.91. The van der Waals surface area contributed by atoms with Crippen LogP contribution in [0.2, 0.25) is 0 Å². The Balaban J connectivity index is 2.00. The van der Waals surface area contributed by atoms with Crippen molar-refractivity contribution in [1.29, 1.82) is 0 Å².